The fourth-order valence-electron chi connectivity index (χ4n) is 2.98. The lowest BCUT2D eigenvalue weighted by molar-refractivity contribution is 0.121. The summed E-state index contributed by atoms with van der Waals surface area (Å²) in [6.07, 6.45) is 1.97. The summed E-state index contributed by atoms with van der Waals surface area (Å²) in [6.45, 7) is 6.17. The summed E-state index contributed by atoms with van der Waals surface area (Å²) in [5.41, 5.74) is 3.10. The molecular weight excluding hydrogens is 316 g/mol. The van der Waals surface area contributed by atoms with Crippen molar-refractivity contribution in [2.45, 2.75) is 18.1 Å². The van der Waals surface area contributed by atoms with Gasteiger partial charge < -0.3 is 0 Å². The zero-order valence-corrected chi connectivity index (χ0v) is 14.8. The quantitative estimate of drug-likeness (QED) is 0.784. The van der Waals surface area contributed by atoms with Crippen molar-refractivity contribution in [2.75, 3.05) is 32.4 Å². The van der Waals surface area contributed by atoms with E-state index < -0.39 is 0 Å². The Balaban J connectivity index is 1.53. The molecule has 5 heteroatoms. The molecule has 0 spiro atoms. The fraction of sp³-hybridized carbons (Fsp3) is 0.368. The molecule has 2 aromatic rings. The first-order valence-corrected chi connectivity index (χ1v) is 9.43. The molecule has 1 saturated heterocycles. The number of pyridine rings is 1. The maximum Gasteiger partial charge on any atom is 0.114 e. The van der Waals surface area contributed by atoms with Crippen LogP contribution in [0.2, 0.25) is 0 Å². The average Bonchev–Trinajstić information content (AvgIpc) is 2.64. The van der Waals surface area contributed by atoms with Crippen molar-refractivity contribution < 1.29 is 0 Å². The van der Waals surface area contributed by atoms with Gasteiger partial charge in [0, 0.05) is 39.3 Å². The van der Waals surface area contributed by atoms with E-state index in [0.29, 0.717) is 5.56 Å². The Morgan fingerprint density at radius 1 is 1.00 bits per heavy atom. The number of aromatic nitrogens is 1. The van der Waals surface area contributed by atoms with E-state index in [9.17, 15) is 0 Å². The third-order valence-corrected chi connectivity index (χ3v) is 5.03. The smallest absolute Gasteiger partial charge is 0.114 e. The van der Waals surface area contributed by atoms with E-state index in [2.05, 4.69) is 51.2 Å². The predicted molar refractivity (Wildman–Crippen MR) is 97.7 cm³/mol. The van der Waals surface area contributed by atoms with Crippen LogP contribution in [-0.4, -0.2) is 47.2 Å². The Labute approximate surface area is 148 Å². The number of hydrogen-bond donors (Lipinski definition) is 0. The number of thioether (sulfide) groups is 1. The van der Waals surface area contributed by atoms with Gasteiger partial charge in [0.2, 0.25) is 0 Å². The molecule has 1 fully saturated rings. The van der Waals surface area contributed by atoms with Crippen LogP contribution in [0.4, 0.5) is 0 Å². The molecule has 0 aliphatic carbocycles. The van der Waals surface area contributed by atoms with Crippen LogP contribution >= 0.6 is 11.8 Å². The number of rotatable bonds is 5. The molecule has 1 aromatic carbocycles. The van der Waals surface area contributed by atoms with E-state index in [0.717, 1.165) is 50.0 Å². The zero-order valence-electron chi connectivity index (χ0n) is 14.0. The molecule has 0 atom stereocenters. The highest BCUT2D eigenvalue weighted by molar-refractivity contribution is 7.98. The molecule has 124 valence electrons. The van der Waals surface area contributed by atoms with Crippen LogP contribution in [0.1, 0.15) is 16.8 Å². The molecule has 2 heterocycles. The second kappa shape index (κ2) is 8.29. The molecule has 0 radical (unpaired) electrons. The van der Waals surface area contributed by atoms with Crippen LogP contribution in [0, 0.1) is 11.3 Å². The molecular formula is C19H22N4S. The van der Waals surface area contributed by atoms with Gasteiger partial charge in [-0.05, 0) is 24.0 Å². The van der Waals surface area contributed by atoms with Gasteiger partial charge in [-0.3, -0.25) is 9.80 Å². The summed E-state index contributed by atoms with van der Waals surface area (Å²) >= 11 is 1.54. The Bertz CT molecular complexity index is 703. The van der Waals surface area contributed by atoms with Crippen LogP contribution in [0.15, 0.2) is 47.5 Å². The van der Waals surface area contributed by atoms with Crippen molar-refractivity contribution in [2.24, 2.45) is 0 Å². The van der Waals surface area contributed by atoms with Crippen LogP contribution in [0.5, 0.6) is 0 Å². The van der Waals surface area contributed by atoms with E-state index in [-0.39, 0.29) is 0 Å². The standard InChI is InChI=1S/C19H22N4S/c1-24-19-17(13-20)7-8-18(21-19)15-23-11-9-22(10-12-23)14-16-5-3-2-4-6-16/h2-8H,9-12,14-15H2,1H3. The van der Waals surface area contributed by atoms with E-state index in [1.807, 2.05) is 18.4 Å². The SMILES string of the molecule is CSc1nc(CN2CCN(Cc3ccccc3)CC2)ccc1C#N. The summed E-state index contributed by atoms with van der Waals surface area (Å²) in [6, 6.07) is 16.7. The molecule has 24 heavy (non-hydrogen) atoms. The van der Waals surface area contributed by atoms with Crippen molar-refractivity contribution in [1.29, 1.82) is 5.26 Å². The van der Waals surface area contributed by atoms with Crippen molar-refractivity contribution in [3.8, 4) is 6.07 Å². The average molecular weight is 338 g/mol. The lowest BCUT2D eigenvalue weighted by atomic mass is 10.2. The summed E-state index contributed by atoms with van der Waals surface area (Å²) in [4.78, 5) is 9.58. The highest BCUT2D eigenvalue weighted by Crippen LogP contribution is 2.18. The van der Waals surface area contributed by atoms with E-state index in [4.69, 9.17) is 5.26 Å². The molecule has 0 N–H and O–H groups in total. The van der Waals surface area contributed by atoms with Crippen molar-refractivity contribution in [3.05, 3.63) is 59.3 Å². The molecule has 0 amide bonds. The van der Waals surface area contributed by atoms with E-state index in [1.165, 1.54) is 17.3 Å². The number of piperazine rings is 1. The lowest BCUT2D eigenvalue weighted by Crippen LogP contribution is -2.45. The third-order valence-electron chi connectivity index (χ3n) is 4.33. The molecule has 1 aliphatic rings. The van der Waals surface area contributed by atoms with Crippen LogP contribution in [0.3, 0.4) is 0 Å². The van der Waals surface area contributed by atoms with Crippen molar-refractivity contribution in [3.63, 3.8) is 0 Å². The molecule has 1 aromatic heterocycles. The van der Waals surface area contributed by atoms with Crippen LogP contribution < -0.4 is 0 Å². The van der Waals surface area contributed by atoms with Gasteiger partial charge in [-0.1, -0.05) is 30.3 Å². The van der Waals surface area contributed by atoms with Crippen LogP contribution in [-0.2, 0) is 13.1 Å². The normalized spacial score (nSPS) is 16.0. The second-order valence-electron chi connectivity index (χ2n) is 6.01. The molecule has 3 rings (SSSR count). The predicted octanol–water partition coefficient (Wildman–Crippen LogP) is 2.99. The van der Waals surface area contributed by atoms with Crippen LogP contribution in [0.25, 0.3) is 0 Å². The zero-order chi connectivity index (χ0) is 16.8. The van der Waals surface area contributed by atoms with Gasteiger partial charge >= 0.3 is 0 Å². The largest absolute Gasteiger partial charge is 0.297 e. The third kappa shape index (κ3) is 4.35. The van der Waals surface area contributed by atoms with Gasteiger partial charge in [-0.25, -0.2) is 4.98 Å². The minimum Gasteiger partial charge on any atom is -0.297 e. The first kappa shape index (κ1) is 17.0. The number of benzene rings is 1. The first-order chi connectivity index (χ1) is 11.8. The Morgan fingerprint density at radius 2 is 1.67 bits per heavy atom. The van der Waals surface area contributed by atoms with Crippen molar-refractivity contribution in [1.82, 2.24) is 14.8 Å². The molecule has 0 unspecified atom stereocenters. The lowest BCUT2D eigenvalue weighted by Gasteiger charge is -2.34. The Kier molecular flexibility index (Phi) is 5.86. The molecule has 4 nitrogen and oxygen atoms in total. The van der Waals surface area contributed by atoms with E-state index >= 15 is 0 Å². The van der Waals surface area contributed by atoms with E-state index in [1.54, 1.807) is 0 Å². The Morgan fingerprint density at radius 3 is 2.29 bits per heavy atom. The van der Waals surface area contributed by atoms with Gasteiger partial charge in [0.1, 0.15) is 11.1 Å². The van der Waals surface area contributed by atoms with Gasteiger partial charge in [-0.15, -0.1) is 11.8 Å². The molecule has 0 saturated carbocycles. The maximum atomic E-state index is 9.09. The highest BCUT2D eigenvalue weighted by atomic mass is 32.2. The number of hydrogen-bond acceptors (Lipinski definition) is 5. The number of nitrogens with zero attached hydrogens (tertiary/aromatic N) is 4. The Hall–Kier alpha value is -1.87. The minimum absolute atomic E-state index is 0.666. The highest BCUT2D eigenvalue weighted by Gasteiger charge is 2.18. The summed E-state index contributed by atoms with van der Waals surface area (Å²) in [5, 5.41) is 9.92. The van der Waals surface area contributed by atoms with Gasteiger partial charge in [0.25, 0.3) is 0 Å². The molecule has 0 bridgehead atoms. The maximum absolute atomic E-state index is 9.09. The number of nitriles is 1. The summed E-state index contributed by atoms with van der Waals surface area (Å²) < 4.78 is 0. The first-order valence-electron chi connectivity index (χ1n) is 8.21. The van der Waals surface area contributed by atoms with Gasteiger partial charge in [0.15, 0.2) is 0 Å². The second-order valence-corrected chi connectivity index (χ2v) is 6.80. The van der Waals surface area contributed by atoms with Crippen molar-refractivity contribution >= 4 is 11.8 Å². The summed E-state index contributed by atoms with van der Waals surface area (Å²) in [7, 11) is 0. The minimum atomic E-state index is 0.666. The summed E-state index contributed by atoms with van der Waals surface area (Å²) in [5.74, 6) is 0. The monoisotopic (exact) mass is 338 g/mol. The fourth-order valence-corrected chi connectivity index (χ4v) is 3.53. The topological polar surface area (TPSA) is 43.2 Å². The van der Waals surface area contributed by atoms with Gasteiger partial charge in [-0.2, -0.15) is 5.26 Å². The van der Waals surface area contributed by atoms with Gasteiger partial charge in [0.05, 0.1) is 11.3 Å². The molecule has 1 aliphatic heterocycles.